The molecule has 1 aromatic rings. The molecule has 0 unspecified atom stereocenters. The molecule has 0 aliphatic rings. The van der Waals surface area contributed by atoms with Crippen LogP contribution in [0, 0.1) is 0 Å². The van der Waals surface area contributed by atoms with Gasteiger partial charge in [-0.05, 0) is 70.6 Å². The molecule has 0 bridgehead atoms. The van der Waals surface area contributed by atoms with Gasteiger partial charge in [-0.3, -0.25) is 38.4 Å². The summed E-state index contributed by atoms with van der Waals surface area (Å²) in [6, 6.07) is 6.46. The van der Waals surface area contributed by atoms with Crippen molar-refractivity contribution >= 4 is 46.9 Å². The number of hydrogen-bond donors (Lipinski definition) is 4. The number of esters is 1. The Hall–Kier alpha value is -4.94. The topological polar surface area (TPSA) is 277 Å². The molecule has 0 aliphatic heterocycles. The molecule has 4 amide bonds. The third kappa shape index (κ3) is 44.7. The van der Waals surface area contributed by atoms with Crippen LogP contribution in [0.25, 0.3) is 0 Å². The molecule has 440 valence electrons. The molecule has 0 aromatic heterocycles. The van der Waals surface area contributed by atoms with Crippen LogP contribution in [0.1, 0.15) is 123 Å². The number of ketones is 3. The van der Waals surface area contributed by atoms with Crippen LogP contribution in [0.15, 0.2) is 24.3 Å². The zero-order valence-corrected chi connectivity index (χ0v) is 46.8. The largest absolute Gasteiger partial charge is 0.491 e. The third-order valence-electron chi connectivity index (χ3n) is 10.7. The first-order chi connectivity index (χ1) is 37.1. The quantitative estimate of drug-likeness (QED) is 0.0534. The molecular weight excluding hydrogens is 1000 g/mol. The van der Waals surface area contributed by atoms with Crippen molar-refractivity contribution in [1.29, 1.82) is 0 Å². The highest BCUT2D eigenvalue weighted by atomic mass is 16.6. The van der Waals surface area contributed by atoms with Crippen LogP contribution >= 0.6 is 0 Å². The van der Waals surface area contributed by atoms with Crippen molar-refractivity contribution in [3.05, 3.63) is 29.8 Å². The molecule has 0 aliphatic carbocycles. The summed E-state index contributed by atoms with van der Waals surface area (Å²) in [5.74, 6) is -0.576. The minimum absolute atomic E-state index is 0.0364. The lowest BCUT2D eigenvalue weighted by molar-refractivity contribution is -0.156. The van der Waals surface area contributed by atoms with Gasteiger partial charge < -0.3 is 68.6 Å². The van der Waals surface area contributed by atoms with Gasteiger partial charge in [-0.2, -0.15) is 0 Å². The zero-order valence-electron chi connectivity index (χ0n) is 46.8. The average molecular weight is 1100 g/mol. The van der Waals surface area contributed by atoms with Crippen LogP contribution in [0.4, 0.5) is 0 Å². The number of benzene rings is 1. The molecule has 1 rings (SSSR count). The summed E-state index contributed by atoms with van der Waals surface area (Å²) in [6.45, 7) is 13.0. The summed E-state index contributed by atoms with van der Waals surface area (Å²) in [4.78, 5) is 98.0. The molecule has 4 N–H and O–H groups in total. The van der Waals surface area contributed by atoms with Gasteiger partial charge in [0.05, 0.1) is 85.1 Å². The molecule has 1 aromatic carbocycles. The van der Waals surface area contributed by atoms with E-state index in [1.807, 2.05) is 19.1 Å². The number of hydrogen-bond acceptors (Lipinski definition) is 18. The van der Waals surface area contributed by atoms with E-state index in [9.17, 15) is 38.4 Å². The lowest BCUT2D eigenvalue weighted by atomic mass is 9.99. The predicted octanol–water partition coefficient (Wildman–Crippen LogP) is 3.73. The van der Waals surface area contributed by atoms with Crippen molar-refractivity contribution < 1.29 is 85.7 Å². The summed E-state index contributed by atoms with van der Waals surface area (Å²) in [5.41, 5.74) is 0.285. The van der Waals surface area contributed by atoms with E-state index in [1.165, 1.54) is 0 Å². The first-order valence-electron chi connectivity index (χ1n) is 27.2. The van der Waals surface area contributed by atoms with Crippen molar-refractivity contribution in [3.8, 4) is 5.75 Å². The zero-order chi connectivity index (χ0) is 56.6. The molecule has 22 nitrogen and oxygen atoms in total. The van der Waals surface area contributed by atoms with Gasteiger partial charge in [0.15, 0.2) is 5.78 Å². The van der Waals surface area contributed by atoms with Crippen molar-refractivity contribution in [2.24, 2.45) is 0 Å². The highest BCUT2D eigenvalue weighted by molar-refractivity contribution is 5.89. The number of carbonyl (C=O) groups excluding carboxylic acids is 8. The molecule has 22 heteroatoms. The number of nitrogens with one attached hydrogen (secondary N) is 4. The lowest BCUT2D eigenvalue weighted by Gasteiger charge is -2.19. The predicted molar refractivity (Wildman–Crippen MR) is 285 cm³/mol. The molecule has 0 saturated heterocycles. The second-order valence-electron chi connectivity index (χ2n) is 18.8. The summed E-state index contributed by atoms with van der Waals surface area (Å²) >= 11 is 0. The fraction of sp³-hybridized carbons (Fsp3) is 0.745. The first kappa shape index (κ1) is 70.1. The van der Waals surface area contributed by atoms with Crippen molar-refractivity contribution in [3.63, 3.8) is 0 Å². The monoisotopic (exact) mass is 1100 g/mol. The molecule has 0 radical (unpaired) electrons. The van der Waals surface area contributed by atoms with Crippen molar-refractivity contribution in [1.82, 2.24) is 21.3 Å². The van der Waals surface area contributed by atoms with Gasteiger partial charge >= 0.3 is 5.97 Å². The van der Waals surface area contributed by atoms with Gasteiger partial charge in [0.1, 0.15) is 29.5 Å². The van der Waals surface area contributed by atoms with E-state index < -0.39 is 11.6 Å². The number of carbonyl (C=O) groups is 8. The Morgan fingerprint density at radius 1 is 0.455 bits per heavy atom. The van der Waals surface area contributed by atoms with Gasteiger partial charge in [0.2, 0.25) is 23.6 Å². The van der Waals surface area contributed by atoms with E-state index >= 15 is 0 Å². The number of amides is 4. The van der Waals surface area contributed by atoms with Gasteiger partial charge in [0.25, 0.3) is 0 Å². The smallest absolute Gasteiger partial charge is 0.308 e. The van der Waals surface area contributed by atoms with Crippen molar-refractivity contribution in [2.75, 3.05) is 132 Å². The Kier molecular flexibility index (Phi) is 42.9. The first-order valence-corrected chi connectivity index (χ1v) is 27.2. The Morgan fingerprint density at radius 2 is 0.883 bits per heavy atom. The molecule has 77 heavy (non-hydrogen) atoms. The van der Waals surface area contributed by atoms with Gasteiger partial charge in [0, 0.05) is 111 Å². The Labute approximate surface area is 456 Å². The maximum absolute atomic E-state index is 13.4. The van der Waals surface area contributed by atoms with E-state index in [-0.39, 0.29) is 171 Å². The highest BCUT2D eigenvalue weighted by Gasteiger charge is 2.21. The minimum Gasteiger partial charge on any atom is -0.491 e. The summed E-state index contributed by atoms with van der Waals surface area (Å²) in [7, 11) is 1.60. The van der Waals surface area contributed by atoms with E-state index in [0.717, 1.165) is 12.0 Å². The molecule has 0 saturated carbocycles. The maximum atomic E-state index is 13.4. The molecule has 0 spiro atoms. The summed E-state index contributed by atoms with van der Waals surface area (Å²) in [6.07, 6.45) is 5.06. The van der Waals surface area contributed by atoms with E-state index in [0.29, 0.717) is 96.9 Å². The molecule has 1 atom stereocenters. The van der Waals surface area contributed by atoms with Crippen LogP contribution in [-0.2, 0) is 87.4 Å². The number of methoxy groups -OCH3 is 1. The number of ether oxygens (including phenoxy) is 10. The summed E-state index contributed by atoms with van der Waals surface area (Å²) < 4.78 is 54.3. The second-order valence-corrected chi connectivity index (χ2v) is 18.8. The highest BCUT2D eigenvalue weighted by Crippen LogP contribution is 2.15. The molecular formula is C55H92N4O18. The van der Waals surface area contributed by atoms with E-state index in [1.54, 1.807) is 40.0 Å². The Bertz CT molecular complexity index is 1780. The summed E-state index contributed by atoms with van der Waals surface area (Å²) in [5, 5.41) is 11.1. The van der Waals surface area contributed by atoms with E-state index in [4.69, 9.17) is 47.4 Å². The van der Waals surface area contributed by atoms with Crippen LogP contribution in [0.3, 0.4) is 0 Å². The average Bonchev–Trinajstić information content (AvgIpc) is 3.38. The fourth-order valence-electron chi connectivity index (χ4n) is 6.74. The van der Waals surface area contributed by atoms with Gasteiger partial charge in [-0.25, -0.2) is 0 Å². The fourth-order valence-corrected chi connectivity index (χ4v) is 6.74. The van der Waals surface area contributed by atoms with Gasteiger partial charge in [-0.15, -0.1) is 0 Å². The van der Waals surface area contributed by atoms with E-state index in [2.05, 4.69) is 21.3 Å². The van der Waals surface area contributed by atoms with Gasteiger partial charge in [-0.1, -0.05) is 19.1 Å². The lowest BCUT2D eigenvalue weighted by Crippen LogP contribution is -2.42. The standard InChI is InChI=1S/C55H92N4O18/c1-6-27-69-36-22-53(66)59-48(49(62)12-9-30-71-34-20-51(64)56-24-38-72-31-17-45(60)10-7-28-68-5)43-44-13-15-47(16-14-44)76-42-41-75-35-21-52(65)57-25-39-73-32-18-46(61)11-8-29-70-33-19-50(63)58-26-40-74-37-23-54(67)77-55(2,3)4/h13-16,48H,6-12,17-43H2,1-5H3,(H,56,64)(H,57,65)(H,58,63)(H,59,66)/t48-/m0/s1. The second kappa shape index (κ2) is 47.1. The van der Waals surface area contributed by atoms with Crippen LogP contribution < -0.4 is 26.0 Å². The molecule has 0 heterocycles. The van der Waals surface area contributed by atoms with Crippen molar-refractivity contribution in [2.45, 2.75) is 136 Å². The van der Waals surface area contributed by atoms with Crippen LogP contribution in [0.2, 0.25) is 0 Å². The van der Waals surface area contributed by atoms with Crippen LogP contribution in [-0.4, -0.2) is 191 Å². The maximum Gasteiger partial charge on any atom is 0.308 e. The number of Topliss-reactive ketones (excluding diaryl/α,β-unsaturated/α-hetero) is 3. The number of rotatable bonds is 52. The third-order valence-corrected chi connectivity index (χ3v) is 10.7. The Morgan fingerprint density at radius 3 is 1.38 bits per heavy atom. The Balaban J connectivity index is 2.19. The molecule has 0 fully saturated rings. The SMILES string of the molecule is CCCOCCC(=O)N[C@@H](Cc1ccc(OCCOCCC(=O)NCCOCCC(=O)CCCOCCC(=O)NCCOCCC(=O)OC(C)(C)C)cc1)C(=O)CCCOCCC(=O)NCCOCCC(=O)CCCOC. The minimum atomic E-state index is -0.758. The normalized spacial score (nSPS) is 11.6. The van der Waals surface area contributed by atoms with Crippen LogP contribution in [0.5, 0.6) is 5.75 Å².